The lowest BCUT2D eigenvalue weighted by Crippen LogP contribution is -2.16. The highest BCUT2D eigenvalue weighted by Gasteiger charge is 2.20. The van der Waals surface area contributed by atoms with E-state index in [9.17, 15) is 0 Å². The Kier molecular flexibility index (Phi) is 2.93. The van der Waals surface area contributed by atoms with Gasteiger partial charge in [0.05, 0.1) is 12.0 Å². The Morgan fingerprint density at radius 2 is 2.58 bits per heavy atom. The van der Waals surface area contributed by atoms with Gasteiger partial charge in [0.15, 0.2) is 0 Å². The highest BCUT2D eigenvalue weighted by molar-refractivity contribution is 5.15. The molecule has 0 spiro atoms. The molecule has 0 aromatic heterocycles. The quantitative estimate of drug-likeness (QED) is 0.629. The van der Waals surface area contributed by atoms with Crippen molar-refractivity contribution in [3.8, 4) is 6.07 Å². The summed E-state index contributed by atoms with van der Waals surface area (Å²) in [6, 6.07) is 2.29. The Morgan fingerprint density at radius 1 is 1.83 bits per heavy atom. The fourth-order valence-electron chi connectivity index (χ4n) is 1.44. The van der Waals surface area contributed by atoms with Crippen LogP contribution in [0.5, 0.6) is 0 Å². The summed E-state index contributed by atoms with van der Waals surface area (Å²) in [6.07, 6.45) is 6.03. The summed E-state index contributed by atoms with van der Waals surface area (Å²) in [6.45, 7) is 4.88. The molecule has 0 fully saturated rings. The van der Waals surface area contributed by atoms with Crippen molar-refractivity contribution in [3.05, 3.63) is 23.9 Å². The third kappa shape index (κ3) is 1.88. The van der Waals surface area contributed by atoms with Crippen molar-refractivity contribution in [2.24, 2.45) is 11.8 Å². The van der Waals surface area contributed by atoms with E-state index in [0.717, 1.165) is 6.54 Å². The number of nitrogens with one attached hydrogen (secondary N) is 1. The van der Waals surface area contributed by atoms with Gasteiger partial charge in [-0.1, -0.05) is 18.2 Å². The fraction of sp³-hybridized carbons (Fsp3) is 0.500. The summed E-state index contributed by atoms with van der Waals surface area (Å²) in [7, 11) is 0. The van der Waals surface area contributed by atoms with E-state index in [1.807, 2.05) is 26.0 Å². The molecule has 0 aromatic carbocycles. The van der Waals surface area contributed by atoms with Gasteiger partial charge in [-0.15, -0.1) is 0 Å². The lowest BCUT2D eigenvalue weighted by Gasteiger charge is -2.08. The van der Waals surface area contributed by atoms with Crippen molar-refractivity contribution in [1.29, 1.82) is 5.26 Å². The molecule has 0 aromatic rings. The van der Waals surface area contributed by atoms with E-state index < -0.39 is 0 Å². The molecular weight excluding hydrogens is 148 g/mol. The maximum atomic E-state index is 8.85. The van der Waals surface area contributed by atoms with Gasteiger partial charge >= 0.3 is 0 Å². The molecule has 2 nitrogen and oxygen atoms in total. The second kappa shape index (κ2) is 3.96. The lowest BCUT2D eigenvalue weighted by molar-refractivity contribution is 0.573. The van der Waals surface area contributed by atoms with Crippen LogP contribution in [-0.4, -0.2) is 6.54 Å². The third-order valence-corrected chi connectivity index (χ3v) is 2.09. The zero-order valence-electron chi connectivity index (χ0n) is 7.54. The molecule has 0 radical (unpaired) electrons. The SMILES string of the molecule is C/C=C\C(C#N)C1C=C(C)NC1. The summed E-state index contributed by atoms with van der Waals surface area (Å²) < 4.78 is 0. The van der Waals surface area contributed by atoms with Crippen molar-refractivity contribution in [3.63, 3.8) is 0 Å². The zero-order valence-corrected chi connectivity index (χ0v) is 7.54. The Hall–Kier alpha value is -1.23. The van der Waals surface area contributed by atoms with Crippen LogP contribution in [0.2, 0.25) is 0 Å². The first-order valence-electron chi connectivity index (χ1n) is 4.22. The number of allylic oxidation sites excluding steroid dienone is 3. The maximum Gasteiger partial charge on any atom is 0.0723 e. The second-order valence-electron chi connectivity index (χ2n) is 3.08. The van der Waals surface area contributed by atoms with E-state index in [4.69, 9.17) is 5.26 Å². The minimum Gasteiger partial charge on any atom is -0.388 e. The molecule has 0 amide bonds. The smallest absolute Gasteiger partial charge is 0.0723 e. The van der Waals surface area contributed by atoms with Gasteiger partial charge in [-0.2, -0.15) is 5.26 Å². The van der Waals surface area contributed by atoms with E-state index >= 15 is 0 Å². The van der Waals surface area contributed by atoms with E-state index in [2.05, 4.69) is 17.5 Å². The molecule has 64 valence electrons. The molecule has 2 unspecified atom stereocenters. The minimum atomic E-state index is 0.0277. The van der Waals surface area contributed by atoms with Crippen LogP contribution in [0.15, 0.2) is 23.9 Å². The molecule has 12 heavy (non-hydrogen) atoms. The Balaban J connectivity index is 2.63. The van der Waals surface area contributed by atoms with Gasteiger partial charge in [-0.25, -0.2) is 0 Å². The summed E-state index contributed by atoms with van der Waals surface area (Å²) >= 11 is 0. The predicted molar refractivity (Wildman–Crippen MR) is 49.2 cm³/mol. The van der Waals surface area contributed by atoms with E-state index in [1.165, 1.54) is 5.70 Å². The Bertz CT molecular complexity index is 245. The van der Waals surface area contributed by atoms with Crippen molar-refractivity contribution in [2.75, 3.05) is 6.54 Å². The van der Waals surface area contributed by atoms with Crippen LogP contribution >= 0.6 is 0 Å². The van der Waals surface area contributed by atoms with Crippen molar-refractivity contribution in [1.82, 2.24) is 5.32 Å². The molecule has 2 atom stereocenters. The van der Waals surface area contributed by atoms with Gasteiger partial charge in [0.1, 0.15) is 0 Å². The molecule has 0 bridgehead atoms. The molecule has 1 heterocycles. The largest absolute Gasteiger partial charge is 0.388 e. The van der Waals surface area contributed by atoms with Crippen LogP contribution in [0.1, 0.15) is 13.8 Å². The predicted octanol–water partition coefficient (Wildman–Crippen LogP) is 1.83. The third-order valence-electron chi connectivity index (χ3n) is 2.09. The minimum absolute atomic E-state index is 0.0277. The summed E-state index contributed by atoms with van der Waals surface area (Å²) in [5.74, 6) is 0.381. The van der Waals surface area contributed by atoms with Crippen LogP contribution in [0.4, 0.5) is 0 Å². The molecule has 1 rings (SSSR count). The second-order valence-corrected chi connectivity index (χ2v) is 3.08. The highest BCUT2D eigenvalue weighted by Crippen LogP contribution is 2.19. The highest BCUT2D eigenvalue weighted by atomic mass is 14.9. The molecule has 1 aliphatic heterocycles. The van der Waals surface area contributed by atoms with Crippen molar-refractivity contribution < 1.29 is 0 Å². The molecule has 2 heteroatoms. The number of nitrogens with zero attached hydrogens (tertiary/aromatic N) is 1. The van der Waals surface area contributed by atoms with Crippen molar-refractivity contribution >= 4 is 0 Å². The molecular formula is C10H14N2. The first-order valence-corrected chi connectivity index (χ1v) is 4.22. The van der Waals surface area contributed by atoms with E-state index in [-0.39, 0.29) is 5.92 Å². The standard InChI is InChI=1S/C10H14N2/c1-3-4-9(6-11)10-5-8(2)12-7-10/h3-5,9-10,12H,7H2,1-2H3/b4-3-. The Labute approximate surface area is 73.6 Å². The normalized spacial score (nSPS) is 24.8. The molecule has 0 aliphatic carbocycles. The Morgan fingerprint density at radius 3 is 3.00 bits per heavy atom. The van der Waals surface area contributed by atoms with Crippen molar-refractivity contribution in [2.45, 2.75) is 13.8 Å². The summed E-state index contributed by atoms with van der Waals surface area (Å²) in [5.41, 5.74) is 1.18. The van der Waals surface area contributed by atoms with Gasteiger partial charge in [0.25, 0.3) is 0 Å². The summed E-state index contributed by atoms with van der Waals surface area (Å²) in [4.78, 5) is 0. The van der Waals surface area contributed by atoms with Crippen LogP contribution < -0.4 is 5.32 Å². The topological polar surface area (TPSA) is 35.8 Å². The number of rotatable bonds is 2. The van der Waals surface area contributed by atoms with Crippen LogP contribution in [0, 0.1) is 23.2 Å². The van der Waals surface area contributed by atoms with Crippen LogP contribution in [0.25, 0.3) is 0 Å². The maximum absolute atomic E-state index is 8.85. The average molecular weight is 162 g/mol. The average Bonchev–Trinajstić information content (AvgIpc) is 2.47. The first-order chi connectivity index (χ1) is 5.77. The van der Waals surface area contributed by atoms with Crippen LogP contribution in [-0.2, 0) is 0 Å². The molecule has 0 saturated carbocycles. The van der Waals surface area contributed by atoms with Gasteiger partial charge in [0.2, 0.25) is 0 Å². The fourth-order valence-corrected chi connectivity index (χ4v) is 1.44. The molecule has 1 aliphatic rings. The first kappa shape index (κ1) is 8.86. The van der Waals surface area contributed by atoms with Gasteiger partial charge < -0.3 is 5.32 Å². The van der Waals surface area contributed by atoms with Gasteiger partial charge in [0, 0.05) is 18.2 Å². The van der Waals surface area contributed by atoms with Gasteiger partial charge in [-0.05, 0) is 13.8 Å². The lowest BCUT2D eigenvalue weighted by atomic mass is 9.94. The van der Waals surface area contributed by atoms with Crippen LogP contribution in [0.3, 0.4) is 0 Å². The van der Waals surface area contributed by atoms with Gasteiger partial charge in [-0.3, -0.25) is 0 Å². The molecule has 0 saturated heterocycles. The van der Waals surface area contributed by atoms with E-state index in [0.29, 0.717) is 5.92 Å². The van der Waals surface area contributed by atoms with E-state index in [1.54, 1.807) is 0 Å². The monoisotopic (exact) mass is 162 g/mol. The summed E-state index contributed by atoms with van der Waals surface area (Å²) in [5, 5.41) is 12.1. The number of hydrogen-bond acceptors (Lipinski definition) is 2. The zero-order chi connectivity index (χ0) is 8.97. The number of nitriles is 1. The molecule has 1 N–H and O–H groups in total. The number of hydrogen-bond donors (Lipinski definition) is 1.